The third-order valence-corrected chi connectivity index (χ3v) is 3.07. The van der Waals surface area contributed by atoms with E-state index in [-0.39, 0.29) is 0 Å². The average molecular weight is 263 g/mol. The molecule has 4 heteroatoms. The minimum Gasteiger partial charge on any atom is -0.0530 e. The second-order valence-corrected chi connectivity index (χ2v) is 3.32. The standard InChI is InChI=1S/C6H3Br2N2/c7-4-2-1-3-5(10-9)6(4)8/h1-3H/q+1. The molecule has 0 heterocycles. The molecule has 2 nitrogen and oxygen atoms in total. The van der Waals surface area contributed by atoms with Gasteiger partial charge in [0, 0.05) is 10.5 Å². The highest BCUT2D eigenvalue weighted by Crippen LogP contribution is 2.31. The summed E-state index contributed by atoms with van der Waals surface area (Å²) in [5, 5.41) is 8.42. The quantitative estimate of drug-likeness (QED) is 0.656. The molecular formula is C6H3Br2N2+. The van der Waals surface area contributed by atoms with E-state index in [1.54, 1.807) is 12.1 Å². The molecule has 0 bridgehead atoms. The van der Waals surface area contributed by atoms with Crippen molar-refractivity contribution in [3.05, 3.63) is 32.1 Å². The Kier molecular flexibility index (Phi) is 2.41. The summed E-state index contributed by atoms with van der Waals surface area (Å²) in [5.41, 5.74) is 0.523. The summed E-state index contributed by atoms with van der Waals surface area (Å²) in [6, 6.07) is 5.36. The molecule has 0 aromatic heterocycles. The zero-order valence-electron chi connectivity index (χ0n) is 4.88. The Morgan fingerprint density at radius 1 is 1.30 bits per heavy atom. The predicted octanol–water partition coefficient (Wildman–Crippen LogP) is 3.70. The van der Waals surface area contributed by atoms with Gasteiger partial charge >= 0.3 is 5.69 Å². The molecule has 0 atom stereocenters. The molecule has 0 amide bonds. The summed E-state index contributed by atoms with van der Waals surface area (Å²) in [7, 11) is 0. The van der Waals surface area contributed by atoms with Crippen LogP contribution in [0.3, 0.4) is 0 Å². The van der Waals surface area contributed by atoms with Gasteiger partial charge in [-0.05, 0) is 37.9 Å². The Morgan fingerprint density at radius 2 is 2.00 bits per heavy atom. The topological polar surface area (TPSA) is 28.1 Å². The second kappa shape index (κ2) is 3.13. The minimum atomic E-state index is 0.523. The smallest absolute Gasteiger partial charge is 0.0530 e. The lowest BCUT2D eigenvalue weighted by Gasteiger charge is -1.87. The number of hydrogen-bond donors (Lipinski definition) is 0. The van der Waals surface area contributed by atoms with Crippen molar-refractivity contribution in [1.29, 1.82) is 5.39 Å². The zero-order chi connectivity index (χ0) is 7.56. The molecule has 0 spiro atoms. The molecule has 0 saturated carbocycles. The molecule has 10 heavy (non-hydrogen) atoms. The van der Waals surface area contributed by atoms with Crippen LogP contribution in [-0.4, -0.2) is 0 Å². The van der Waals surface area contributed by atoms with Crippen LogP contribution in [0.2, 0.25) is 0 Å². The van der Waals surface area contributed by atoms with Crippen LogP contribution in [0.5, 0.6) is 0 Å². The van der Waals surface area contributed by atoms with E-state index in [0.29, 0.717) is 5.69 Å². The molecule has 0 unspecified atom stereocenters. The first kappa shape index (κ1) is 7.70. The lowest BCUT2D eigenvalue weighted by atomic mass is 10.3. The van der Waals surface area contributed by atoms with Crippen LogP contribution in [0.1, 0.15) is 0 Å². The fourth-order valence-corrected chi connectivity index (χ4v) is 1.27. The highest BCUT2D eigenvalue weighted by atomic mass is 79.9. The van der Waals surface area contributed by atoms with Gasteiger partial charge in [-0.2, -0.15) is 0 Å². The van der Waals surface area contributed by atoms with E-state index < -0.39 is 0 Å². The molecule has 0 N–H and O–H groups in total. The van der Waals surface area contributed by atoms with Crippen molar-refractivity contribution in [2.45, 2.75) is 0 Å². The number of diazo groups is 1. The summed E-state index contributed by atoms with van der Waals surface area (Å²) in [4.78, 5) is 3.05. The van der Waals surface area contributed by atoms with Gasteiger partial charge < -0.3 is 0 Å². The van der Waals surface area contributed by atoms with Crippen LogP contribution in [-0.2, 0) is 0 Å². The van der Waals surface area contributed by atoms with Gasteiger partial charge in [0.1, 0.15) is 4.47 Å². The molecule has 1 rings (SSSR count). The highest BCUT2D eigenvalue weighted by Gasteiger charge is 2.12. The molecule has 0 saturated heterocycles. The SMILES string of the molecule is N#[N+]c1cccc(Br)c1Br. The van der Waals surface area contributed by atoms with Crippen molar-refractivity contribution in [2.24, 2.45) is 0 Å². The summed E-state index contributed by atoms with van der Waals surface area (Å²) in [5.74, 6) is 0. The van der Waals surface area contributed by atoms with Crippen molar-refractivity contribution in [2.75, 3.05) is 0 Å². The molecule has 0 fully saturated rings. The lowest BCUT2D eigenvalue weighted by molar-refractivity contribution is 1.45. The van der Waals surface area contributed by atoms with Crippen LogP contribution in [0.15, 0.2) is 27.1 Å². The normalized spacial score (nSPS) is 8.90. The van der Waals surface area contributed by atoms with Gasteiger partial charge in [0.05, 0.1) is 0 Å². The van der Waals surface area contributed by atoms with Gasteiger partial charge in [-0.15, -0.1) is 0 Å². The predicted molar refractivity (Wildman–Crippen MR) is 46.6 cm³/mol. The zero-order valence-corrected chi connectivity index (χ0v) is 8.05. The van der Waals surface area contributed by atoms with Gasteiger partial charge in [0.2, 0.25) is 5.39 Å². The summed E-state index contributed by atoms with van der Waals surface area (Å²) >= 11 is 6.51. The average Bonchev–Trinajstić information content (AvgIpc) is 1.95. The number of rotatable bonds is 0. The van der Waals surface area contributed by atoms with E-state index in [1.165, 1.54) is 0 Å². The first-order chi connectivity index (χ1) is 4.75. The van der Waals surface area contributed by atoms with E-state index in [2.05, 4.69) is 36.8 Å². The molecule has 50 valence electrons. The van der Waals surface area contributed by atoms with E-state index >= 15 is 0 Å². The minimum absolute atomic E-state index is 0.523. The fourth-order valence-electron chi connectivity index (χ4n) is 0.570. The number of hydrogen-bond acceptors (Lipinski definition) is 1. The molecule has 0 aliphatic carbocycles. The molecule has 1 aromatic carbocycles. The summed E-state index contributed by atoms with van der Waals surface area (Å²) in [6.07, 6.45) is 0. The Balaban J connectivity index is 3.31. The maximum Gasteiger partial charge on any atom is 0.400 e. The van der Waals surface area contributed by atoms with Gasteiger partial charge in [0.25, 0.3) is 0 Å². The van der Waals surface area contributed by atoms with Crippen molar-refractivity contribution in [3.63, 3.8) is 0 Å². The summed E-state index contributed by atoms with van der Waals surface area (Å²) < 4.78 is 1.64. The van der Waals surface area contributed by atoms with E-state index in [4.69, 9.17) is 5.39 Å². The first-order valence-electron chi connectivity index (χ1n) is 2.55. The van der Waals surface area contributed by atoms with Gasteiger partial charge in [-0.3, -0.25) is 0 Å². The van der Waals surface area contributed by atoms with E-state index in [9.17, 15) is 0 Å². The van der Waals surface area contributed by atoms with Crippen molar-refractivity contribution < 1.29 is 0 Å². The fraction of sp³-hybridized carbons (Fsp3) is 0. The monoisotopic (exact) mass is 261 g/mol. The number of halogens is 2. The number of nitrogens with zero attached hydrogens (tertiary/aromatic N) is 2. The second-order valence-electron chi connectivity index (χ2n) is 1.67. The summed E-state index contributed by atoms with van der Waals surface area (Å²) in [6.45, 7) is 0. The van der Waals surface area contributed by atoms with Gasteiger partial charge in [-0.25, -0.2) is 0 Å². The van der Waals surface area contributed by atoms with Crippen LogP contribution in [0.25, 0.3) is 4.98 Å². The van der Waals surface area contributed by atoms with Crippen LogP contribution < -0.4 is 0 Å². The molecule has 1 aromatic rings. The maximum atomic E-state index is 8.42. The third-order valence-electron chi connectivity index (χ3n) is 1.04. The Hall–Kier alpha value is -0.400. The van der Waals surface area contributed by atoms with Crippen LogP contribution in [0, 0.1) is 5.39 Å². The maximum absolute atomic E-state index is 8.42. The van der Waals surface area contributed by atoms with Crippen LogP contribution in [0.4, 0.5) is 5.69 Å². The lowest BCUT2D eigenvalue weighted by Crippen LogP contribution is -1.67. The Labute approximate surface area is 75.1 Å². The number of benzene rings is 1. The largest absolute Gasteiger partial charge is 0.400 e. The van der Waals surface area contributed by atoms with Gasteiger partial charge in [0.15, 0.2) is 4.98 Å². The molecule has 0 aliphatic heterocycles. The third kappa shape index (κ3) is 1.36. The van der Waals surface area contributed by atoms with Crippen molar-refractivity contribution in [3.8, 4) is 0 Å². The van der Waals surface area contributed by atoms with E-state index in [1.807, 2.05) is 6.07 Å². The van der Waals surface area contributed by atoms with Crippen molar-refractivity contribution in [1.82, 2.24) is 0 Å². The molecular weight excluding hydrogens is 260 g/mol. The Morgan fingerprint density at radius 3 is 2.50 bits per heavy atom. The van der Waals surface area contributed by atoms with Crippen molar-refractivity contribution >= 4 is 37.5 Å². The van der Waals surface area contributed by atoms with Gasteiger partial charge in [-0.1, -0.05) is 6.07 Å². The molecule has 0 radical (unpaired) electrons. The van der Waals surface area contributed by atoms with E-state index in [0.717, 1.165) is 8.95 Å². The molecule has 0 aliphatic rings. The Bertz CT molecular complexity index is 290. The first-order valence-corrected chi connectivity index (χ1v) is 4.13. The van der Waals surface area contributed by atoms with Crippen LogP contribution >= 0.6 is 31.9 Å². The highest BCUT2D eigenvalue weighted by molar-refractivity contribution is 9.13.